The van der Waals surface area contributed by atoms with Crippen molar-refractivity contribution in [1.82, 2.24) is 10.2 Å². The van der Waals surface area contributed by atoms with Crippen molar-refractivity contribution in [3.8, 4) is 11.5 Å². The first-order chi connectivity index (χ1) is 12.7. The lowest BCUT2D eigenvalue weighted by Crippen LogP contribution is -2.29. The molecule has 0 aliphatic rings. The minimum Gasteiger partial charge on any atom is -0.491 e. The first-order valence-electron chi connectivity index (χ1n) is 9.07. The molecule has 0 heterocycles. The average molecular weight is 358 g/mol. The highest BCUT2D eigenvalue weighted by atomic mass is 16.5. The lowest BCUT2D eigenvalue weighted by Gasteiger charge is -2.11. The summed E-state index contributed by atoms with van der Waals surface area (Å²) in [5.41, 5.74) is 1.15. The van der Waals surface area contributed by atoms with E-state index in [1.807, 2.05) is 42.5 Å². The summed E-state index contributed by atoms with van der Waals surface area (Å²) in [4.78, 5) is 2.15. The van der Waals surface area contributed by atoms with Crippen LogP contribution in [0, 0.1) is 0 Å². The molecule has 0 saturated heterocycles. The molecule has 142 valence electrons. The van der Waals surface area contributed by atoms with E-state index in [1.54, 1.807) is 0 Å². The molecule has 2 rings (SSSR count). The number of hydrogen-bond acceptors (Lipinski definition) is 5. The molecule has 2 aromatic rings. The van der Waals surface area contributed by atoms with Gasteiger partial charge >= 0.3 is 0 Å². The van der Waals surface area contributed by atoms with E-state index in [4.69, 9.17) is 14.2 Å². The largest absolute Gasteiger partial charge is 0.491 e. The van der Waals surface area contributed by atoms with Gasteiger partial charge in [0.2, 0.25) is 0 Å². The molecule has 0 spiro atoms. The van der Waals surface area contributed by atoms with E-state index in [-0.39, 0.29) is 0 Å². The molecule has 0 unspecified atom stereocenters. The van der Waals surface area contributed by atoms with Crippen molar-refractivity contribution in [1.29, 1.82) is 0 Å². The van der Waals surface area contributed by atoms with Gasteiger partial charge in [-0.25, -0.2) is 0 Å². The summed E-state index contributed by atoms with van der Waals surface area (Å²) in [5.74, 6) is 1.66. The van der Waals surface area contributed by atoms with Crippen molar-refractivity contribution in [3.63, 3.8) is 0 Å². The summed E-state index contributed by atoms with van der Waals surface area (Å²) in [7, 11) is 4.13. The van der Waals surface area contributed by atoms with Gasteiger partial charge in [0.15, 0.2) is 0 Å². The Morgan fingerprint density at radius 1 is 0.769 bits per heavy atom. The average Bonchev–Trinajstić information content (AvgIpc) is 2.66. The summed E-state index contributed by atoms with van der Waals surface area (Å²) in [5, 5.41) is 3.33. The molecule has 0 aromatic heterocycles. The summed E-state index contributed by atoms with van der Waals surface area (Å²) in [6.45, 7) is 5.27. The predicted molar refractivity (Wildman–Crippen MR) is 105 cm³/mol. The smallest absolute Gasteiger partial charge is 0.120 e. The van der Waals surface area contributed by atoms with Gasteiger partial charge in [-0.15, -0.1) is 0 Å². The summed E-state index contributed by atoms with van der Waals surface area (Å²) < 4.78 is 17.0. The van der Waals surface area contributed by atoms with Crippen LogP contribution in [0.2, 0.25) is 0 Å². The Morgan fingerprint density at radius 3 is 2.15 bits per heavy atom. The van der Waals surface area contributed by atoms with Gasteiger partial charge in [0.05, 0.1) is 13.2 Å². The fourth-order valence-corrected chi connectivity index (χ4v) is 2.27. The monoisotopic (exact) mass is 358 g/mol. The van der Waals surface area contributed by atoms with Gasteiger partial charge < -0.3 is 24.4 Å². The molecule has 0 atom stereocenters. The van der Waals surface area contributed by atoms with Crippen molar-refractivity contribution < 1.29 is 14.2 Å². The van der Waals surface area contributed by atoms with E-state index in [2.05, 4.69) is 36.4 Å². The van der Waals surface area contributed by atoms with E-state index in [1.165, 1.54) is 0 Å². The highest BCUT2D eigenvalue weighted by Gasteiger charge is 1.98. The number of nitrogens with one attached hydrogen (secondary N) is 1. The van der Waals surface area contributed by atoms with E-state index in [0.717, 1.165) is 36.7 Å². The predicted octanol–water partition coefficient (Wildman–Crippen LogP) is 2.81. The second-order valence-electron chi connectivity index (χ2n) is 6.26. The van der Waals surface area contributed by atoms with Gasteiger partial charge in [-0.2, -0.15) is 0 Å². The molecule has 1 N–H and O–H groups in total. The van der Waals surface area contributed by atoms with Crippen molar-refractivity contribution in [2.45, 2.75) is 6.61 Å². The van der Waals surface area contributed by atoms with Gasteiger partial charge in [-0.1, -0.05) is 30.3 Å². The number of ether oxygens (including phenoxy) is 3. The minimum atomic E-state index is 0.544. The van der Waals surface area contributed by atoms with Crippen molar-refractivity contribution in [2.24, 2.45) is 0 Å². The number of benzene rings is 2. The van der Waals surface area contributed by atoms with Gasteiger partial charge in [-0.3, -0.25) is 0 Å². The highest BCUT2D eigenvalue weighted by molar-refractivity contribution is 5.31. The normalized spacial score (nSPS) is 10.9. The van der Waals surface area contributed by atoms with Crippen LogP contribution >= 0.6 is 0 Å². The number of hydrogen-bond donors (Lipinski definition) is 1. The fourth-order valence-electron chi connectivity index (χ4n) is 2.27. The molecule has 5 heteroatoms. The third-order valence-corrected chi connectivity index (χ3v) is 3.73. The second-order valence-corrected chi connectivity index (χ2v) is 6.26. The highest BCUT2D eigenvalue weighted by Crippen LogP contribution is 2.18. The molecule has 0 radical (unpaired) electrons. The second kappa shape index (κ2) is 12.3. The van der Waals surface area contributed by atoms with Crippen LogP contribution in [0.3, 0.4) is 0 Å². The summed E-state index contributed by atoms with van der Waals surface area (Å²) in [6, 6.07) is 17.8. The van der Waals surface area contributed by atoms with Crippen molar-refractivity contribution >= 4 is 0 Å². The molecule has 26 heavy (non-hydrogen) atoms. The van der Waals surface area contributed by atoms with Gasteiger partial charge in [0.25, 0.3) is 0 Å². The molecule has 0 saturated carbocycles. The number of nitrogens with zero attached hydrogens (tertiary/aromatic N) is 1. The Morgan fingerprint density at radius 2 is 1.46 bits per heavy atom. The third kappa shape index (κ3) is 8.85. The first-order valence-corrected chi connectivity index (χ1v) is 9.07. The van der Waals surface area contributed by atoms with Crippen LogP contribution in [0.5, 0.6) is 11.5 Å². The maximum atomic E-state index is 5.76. The van der Waals surface area contributed by atoms with E-state index >= 15 is 0 Å². The Kier molecular flexibility index (Phi) is 9.57. The zero-order valence-corrected chi connectivity index (χ0v) is 15.8. The van der Waals surface area contributed by atoms with Crippen LogP contribution < -0.4 is 14.8 Å². The van der Waals surface area contributed by atoms with Crippen LogP contribution in [0.15, 0.2) is 54.6 Å². The lowest BCUT2D eigenvalue weighted by atomic mass is 10.2. The molecule has 0 amide bonds. The molecule has 0 bridgehead atoms. The zero-order chi connectivity index (χ0) is 18.5. The Labute approximate surface area is 156 Å². The summed E-state index contributed by atoms with van der Waals surface area (Å²) >= 11 is 0. The Hall–Kier alpha value is -2.08. The molecule has 5 nitrogen and oxygen atoms in total. The van der Waals surface area contributed by atoms with Crippen LogP contribution in [-0.2, 0) is 11.3 Å². The van der Waals surface area contributed by atoms with Gasteiger partial charge in [-0.05, 0) is 43.9 Å². The van der Waals surface area contributed by atoms with E-state index < -0.39 is 0 Å². The third-order valence-electron chi connectivity index (χ3n) is 3.73. The minimum absolute atomic E-state index is 0.544. The molecular formula is C21H30N2O3. The summed E-state index contributed by atoms with van der Waals surface area (Å²) in [6.07, 6.45) is 0. The van der Waals surface area contributed by atoms with E-state index in [0.29, 0.717) is 26.4 Å². The van der Waals surface area contributed by atoms with Crippen LogP contribution in [-0.4, -0.2) is 58.5 Å². The van der Waals surface area contributed by atoms with Crippen LogP contribution in [0.1, 0.15) is 5.56 Å². The topological polar surface area (TPSA) is 43.0 Å². The number of rotatable bonds is 13. The maximum absolute atomic E-state index is 5.76. The van der Waals surface area contributed by atoms with Gasteiger partial charge in [0.1, 0.15) is 24.7 Å². The number of likely N-dealkylation sites (N-methyl/N-ethyl adjacent to an activating group) is 1. The molecule has 0 aliphatic carbocycles. The first kappa shape index (κ1) is 20.2. The zero-order valence-electron chi connectivity index (χ0n) is 15.8. The lowest BCUT2D eigenvalue weighted by molar-refractivity contribution is 0.102. The quantitative estimate of drug-likeness (QED) is 0.558. The van der Waals surface area contributed by atoms with Crippen molar-refractivity contribution in [3.05, 3.63) is 60.2 Å². The molecular weight excluding hydrogens is 328 g/mol. The Bertz CT molecular complexity index is 588. The van der Waals surface area contributed by atoms with Crippen LogP contribution in [0.4, 0.5) is 0 Å². The Balaban J connectivity index is 1.52. The van der Waals surface area contributed by atoms with Crippen molar-refractivity contribution in [2.75, 3.05) is 53.6 Å². The fraction of sp³-hybridized carbons (Fsp3) is 0.429. The SMILES string of the molecule is CN(C)CCNCCOCCOc1ccc(OCc2ccccc2)cc1. The maximum Gasteiger partial charge on any atom is 0.120 e. The standard InChI is InChI=1S/C21H30N2O3/c1-23(2)14-12-22-13-15-24-16-17-25-20-8-10-21(11-9-20)26-18-19-6-4-3-5-7-19/h3-11,22H,12-18H2,1-2H3. The van der Waals surface area contributed by atoms with Gasteiger partial charge in [0, 0.05) is 19.6 Å². The van der Waals surface area contributed by atoms with E-state index in [9.17, 15) is 0 Å². The molecule has 2 aromatic carbocycles. The van der Waals surface area contributed by atoms with Crippen LogP contribution in [0.25, 0.3) is 0 Å². The molecule has 0 fully saturated rings. The molecule has 0 aliphatic heterocycles.